The van der Waals surface area contributed by atoms with Gasteiger partial charge < -0.3 is 0 Å². The second-order valence-corrected chi connectivity index (χ2v) is 3.21. The summed E-state index contributed by atoms with van der Waals surface area (Å²) in [5.74, 6) is -0.411. The number of carbonyl (C=O) groups excluding carboxylic acids is 3. The van der Waals surface area contributed by atoms with E-state index in [1.54, 1.807) is 19.1 Å². The first kappa shape index (κ1) is 11.1. The van der Waals surface area contributed by atoms with Gasteiger partial charge in [-0.05, 0) is 18.6 Å². The molecule has 0 aliphatic carbocycles. The van der Waals surface area contributed by atoms with Crippen molar-refractivity contribution < 1.29 is 14.4 Å². The quantitative estimate of drug-likeness (QED) is 0.693. The van der Waals surface area contributed by atoms with Crippen LogP contribution in [0, 0.1) is 6.92 Å². The van der Waals surface area contributed by atoms with Gasteiger partial charge in [0.05, 0.1) is 0 Å². The highest BCUT2D eigenvalue weighted by molar-refractivity contribution is 6.01. The Morgan fingerprint density at radius 3 is 2.53 bits per heavy atom. The van der Waals surface area contributed by atoms with E-state index in [2.05, 4.69) is 0 Å². The Labute approximate surface area is 87.5 Å². The highest BCUT2D eigenvalue weighted by atomic mass is 16.2. The van der Waals surface area contributed by atoms with Crippen molar-refractivity contribution in [3.8, 4) is 0 Å². The molecule has 1 rings (SSSR count). The number of benzene rings is 1. The van der Waals surface area contributed by atoms with Crippen LogP contribution in [-0.4, -0.2) is 30.6 Å². The first-order chi connectivity index (χ1) is 7.10. The molecule has 0 aliphatic heterocycles. The molecule has 1 aromatic carbocycles. The Bertz CT molecular complexity index is 412. The fraction of sp³-hybridized carbons (Fsp3) is 0.182. The summed E-state index contributed by atoms with van der Waals surface area (Å²) in [6, 6.07) is 4.78. The standard InChI is InChI=1S/C11H11NO3/c1-8-3-4-9(6-13)5-10(8)11(15)12(2)7-14/h3-7H,1-2H3. The van der Waals surface area contributed by atoms with Crippen LogP contribution in [0.1, 0.15) is 26.3 Å². The smallest absolute Gasteiger partial charge is 0.260 e. The normalized spacial score (nSPS) is 9.47. The van der Waals surface area contributed by atoms with Crippen LogP contribution in [0.5, 0.6) is 0 Å². The maximum absolute atomic E-state index is 11.6. The van der Waals surface area contributed by atoms with Crippen molar-refractivity contribution in [2.75, 3.05) is 7.05 Å². The molecule has 0 atom stereocenters. The molecule has 0 saturated carbocycles. The largest absolute Gasteiger partial charge is 0.298 e. The van der Waals surface area contributed by atoms with Gasteiger partial charge in [0, 0.05) is 18.2 Å². The van der Waals surface area contributed by atoms with Crippen LogP contribution in [-0.2, 0) is 4.79 Å². The van der Waals surface area contributed by atoms with Crippen molar-refractivity contribution in [2.24, 2.45) is 0 Å². The monoisotopic (exact) mass is 205 g/mol. The molecule has 0 N–H and O–H groups in total. The highest BCUT2D eigenvalue weighted by Gasteiger charge is 2.13. The predicted molar refractivity (Wildman–Crippen MR) is 54.7 cm³/mol. The van der Waals surface area contributed by atoms with Crippen LogP contribution in [0.15, 0.2) is 18.2 Å². The van der Waals surface area contributed by atoms with Gasteiger partial charge in [-0.1, -0.05) is 12.1 Å². The number of aryl methyl sites for hydroxylation is 1. The van der Waals surface area contributed by atoms with Crippen LogP contribution in [0.3, 0.4) is 0 Å². The van der Waals surface area contributed by atoms with E-state index in [1.807, 2.05) is 0 Å². The Balaban J connectivity index is 3.17. The molecule has 15 heavy (non-hydrogen) atoms. The number of imide groups is 1. The van der Waals surface area contributed by atoms with Gasteiger partial charge in [0.2, 0.25) is 6.41 Å². The number of amides is 2. The Hall–Kier alpha value is -1.97. The number of hydrogen-bond donors (Lipinski definition) is 0. The van der Waals surface area contributed by atoms with Crippen molar-refractivity contribution >= 4 is 18.6 Å². The van der Waals surface area contributed by atoms with Gasteiger partial charge in [-0.25, -0.2) is 0 Å². The molecule has 4 heteroatoms. The molecule has 1 aromatic rings. The summed E-state index contributed by atoms with van der Waals surface area (Å²) >= 11 is 0. The second-order valence-electron chi connectivity index (χ2n) is 3.21. The number of aldehydes is 1. The summed E-state index contributed by atoms with van der Waals surface area (Å²) in [6.07, 6.45) is 1.10. The minimum absolute atomic E-state index is 0.370. The lowest BCUT2D eigenvalue weighted by Gasteiger charge is -2.11. The van der Waals surface area contributed by atoms with Gasteiger partial charge in [0.15, 0.2) is 0 Å². The van der Waals surface area contributed by atoms with Crippen molar-refractivity contribution in [3.63, 3.8) is 0 Å². The third kappa shape index (κ3) is 2.28. The minimum atomic E-state index is -0.411. The number of nitrogens with zero attached hydrogens (tertiary/aromatic N) is 1. The molecule has 4 nitrogen and oxygen atoms in total. The van der Waals surface area contributed by atoms with E-state index >= 15 is 0 Å². The van der Waals surface area contributed by atoms with Crippen LogP contribution < -0.4 is 0 Å². The maximum atomic E-state index is 11.6. The molecule has 0 aliphatic rings. The summed E-state index contributed by atoms with van der Waals surface area (Å²) in [4.78, 5) is 33.5. The fourth-order valence-electron chi connectivity index (χ4n) is 1.18. The number of hydrogen-bond acceptors (Lipinski definition) is 3. The first-order valence-corrected chi connectivity index (χ1v) is 4.38. The molecule has 2 amide bonds. The third-order valence-corrected chi connectivity index (χ3v) is 2.11. The summed E-state index contributed by atoms with van der Waals surface area (Å²) in [7, 11) is 1.38. The SMILES string of the molecule is Cc1ccc(C=O)cc1C(=O)N(C)C=O. The molecule has 0 spiro atoms. The van der Waals surface area contributed by atoms with Crippen LogP contribution in [0.4, 0.5) is 0 Å². The van der Waals surface area contributed by atoms with Crippen molar-refractivity contribution in [1.29, 1.82) is 0 Å². The molecule has 78 valence electrons. The van der Waals surface area contributed by atoms with Crippen molar-refractivity contribution in [1.82, 2.24) is 4.90 Å². The molecular weight excluding hydrogens is 194 g/mol. The van der Waals surface area contributed by atoms with E-state index in [0.717, 1.165) is 10.5 Å². The van der Waals surface area contributed by atoms with Crippen molar-refractivity contribution in [2.45, 2.75) is 6.92 Å². The summed E-state index contributed by atoms with van der Waals surface area (Å²) in [5, 5.41) is 0. The average molecular weight is 205 g/mol. The summed E-state index contributed by atoms with van der Waals surface area (Å²) in [6.45, 7) is 1.75. The predicted octanol–water partition coefficient (Wildman–Crippen LogP) is 1.04. The Morgan fingerprint density at radius 2 is 2.00 bits per heavy atom. The highest BCUT2D eigenvalue weighted by Crippen LogP contribution is 2.11. The molecule has 0 fully saturated rings. The van der Waals surface area contributed by atoms with Gasteiger partial charge in [-0.15, -0.1) is 0 Å². The molecule has 0 radical (unpaired) electrons. The number of carbonyl (C=O) groups is 3. The fourth-order valence-corrected chi connectivity index (χ4v) is 1.18. The molecule has 0 unspecified atom stereocenters. The molecule has 0 bridgehead atoms. The van der Waals surface area contributed by atoms with Gasteiger partial charge in [0.1, 0.15) is 6.29 Å². The molecule has 0 heterocycles. The Morgan fingerprint density at radius 1 is 1.33 bits per heavy atom. The summed E-state index contributed by atoms with van der Waals surface area (Å²) < 4.78 is 0. The second kappa shape index (κ2) is 4.50. The lowest BCUT2D eigenvalue weighted by molar-refractivity contribution is -0.115. The summed E-state index contributed by atoms with van der Waals surface area (Å²) in [5.41, 5.74) is 1.52. The Kier molecular flexibility index (Phi) is 3.33. The zero-order chi connectivity index (χ0) is 11.4. The number of rotatable bonds is 3. The van der Waals surface area contributed by atoms with E-state index in [4.69, 9.17) is 0 Å². The lowest BCUT2D eigenvalue weighted by Crippen LogP contribution is -2.25. The van der Waals surface area contributed by atoms with E-state index in [9.17, 15) is 14.4 Å². The molecule has 0 aromatic heterocycles. The van der Waals surface area contributed by atoms with Crippen LogP contribution >= 0.6 is 0 Å². The van der Waals surface area contributed by atoms with E-state index < -0.39 is 5.91 Å². The maximum Gasteiger partial charge on any atom is 0.260 e. The third-order valence-electron chi connectivity index (χ3n) is 2.11. The molecular formula is C11H11NO3. The average Bonchev–Trinajstić information content (AvgIpc) is 2.27. The van der Waals surface area contributed by atoms with E-state index in [0.29, 0.717) is 23.8 Å². The first-order valence-electron chi connectivity index (χ1n) is 4.38. The van der Waals surface area contributed by atoms with Gasteiger partial charge >= 0.3 is 0 Å². The van der Waals surface area contributed by atoms with Crippen LogP contribution in [0.2, 0.25) is 0 Å². The zero-order valence-corrected chi connectivity index (χ0v) is 8.56. The lowest BCUT2D eigenvalue weighted by atomic mass is 10.0. The van der Waals surface area contributed by atoms with Gasteiger partial charge in [-0.2, -0.15) is 0 Å². The molecule has 0 saturated heterocycles. The van der Waals surface area contributed by atoms with Gasteiger partial charge in [0.25, 0.3) is 5.91 Å². The van der Waals surface area contributed by atoms with E-state index in [-0.39, 0.29) is 0 Å². The topological polar surface area (TPSA) is 54.5 Å². The van der Waals surface area contributed by atoms with E-state index in [1.165, 1.54) is 13.1 Å². The minimum Gasteiger partial charge on any atom is -0.298 e. The van der Waals surface area contributed by atoms with Crippen molar-refractivity contribution in [3.05, 3.63) is 34.9 Å². The zero-order valence-electron chi connectivity index (χ0n) is 8.56. The van der Waals surface area contributed by atoms with Gasteiger partial charge in [-0.3, -0.25) is 19.3 Å². The van der Waals surface area contributed by atoms with Crippen LogP contribution in [0.25, 0.3) is 0 Å².